The lowest BCUT2D eigenvalue weighted by atomic mass is 10.0. The fourth-order valence-corrected chi connectivity index (χ4v) is 2.59. The van der Waals surface area contributed by atoms with Crippen molar-refractivity contribution in [1.82, 2.24) is 10.5 Å². The highest BCUT2D eigenvalue weighted by Crippen LogP contribution is 2.28. The molecule has 0 saturated carbocycles. The Balaban J connectivity index is 2.22. The molecule has 5 heteroatoms. The summed E-state index contributed by atoms with van der Waals surface area (Å²) in [4.78, 5) is 12.4. The Morgan fingerprint density at radius 3 is 2.81 bits per heavy atom. The highest BCUT2D eigenvalue weighted by Gasteiger charge is 2.22. The first-order valence-corrected chi connectivity index (χ1v) is 8.34. The molecule has 2 aromatic rings. The number of rotatable bonds is 6. The minimum Gasteiger partial charge on any atom is -0.355 e. The second-order valence-electron chi connectivity index (χ2n) is 4.89. The summed E-state index contributed by atoms with van der Waals surface area (Å²) in [5.74, 6) is 1.47. The zero-order chi connectivity index (χ0) is 15.2. The van der Waals surface area contributed by atoms with Crippen LogP contribution in [0.5, 0.6) is 0 Å². The van der Waals surface area contributed by atoms with Gasteiger partial charge in [0.05, 0.1) is 5.69 Å². The van der Waals surface area contributed by atoms with E-state index in [9.17, 15) is 4.79 Å². The molecule has 0 radical (unpaired) electrons. The summed E-state index contributed by atoms with van der Waals surface area (Å²) < 4.78 is 5.40. The van der Waals surface area contributed by atoms with Gasteiger partial charge in [0.1, 0.15) is 5.56 Å². The van der Waals surface area contributed by atoms with Crippen LogP contribution in [-0.2, 0) is 0 Å². The molecule has 1 aromatic carbocycles. The van der Waals surface area contributed by atoms with Gasteiger partial charge in [-0.25, -0.2) is 0 Å². The lowest BCUT2D eigenvalue weighted by molar-refractivity contribution is 0.0953. The number of carbonyl (C=O) groups excluding carboxylic acids is 1. The van der Waals surface area contributed by atoms with Crippen LogP contribution in [0.3, 0.4) is 0 Å². The molecule has 0 saturated heterocycles. The Kier molecular flexibility index (Phi) is 5.44. The summed E-state index contributed by atoms with van der Waals surface area (Å²) >= 11 is 1.77. The van der Waals surface area contributed by atoms with Gasteiger partial charge in [-0.15, -0.1) is 0 Å². The largest absolute Gasteiger partial charge is 0.355 e. The van der Waals surface area contributed by atoms with Crippen LogP contribution < -0.4 is 5.32 Å². The Labute approximate surface area is 129 Å². The van der Waals surface area contributed by atoms with Crippen LogP contribution in [0.2, 0.25) is 0 Å². The third-order valence-electron chi connectivity index (χ3n) is 3.29. The fraction of sp³-hybridized carbons (Fsp3) is 0.375. The van der Waals surface area contributed by atoms with E-state index in [-0.39, 0.29) is 5.91 Å². The number of hydrogen-bond acceptors (Lipinski definition) is 4. The monoisotopic (exact) mass is 304 g/mol. The molecule has 2 rings (SSSR count). The third-order valence-corrected chi connectivity index (χ3v) is 3.99. The predicted molar refractivity (Wildman–Crippen MR) is 86.7 cm³/mol. The molecule has 0 aliphatic rings. The molecule has 0 atom stereocenters. The van der Waals surface area contributed by atoms with Crippen LogP contribution in [-0.4, -0.2) is 29.6 Å². The summed E-state index contributed by atoms with van der Waals surface area (Å²) in [5.41, 5.74) is 3.13. The van der Waals surface area contributed by atoms with E-state index >= 15 is 0 Å². The zero-order valence-electron chi connectivity index (χ0n) is 12.6. The Bertz CT molecular complexity index is 622. The van der Waals surface area contributed by atoms with E-state index in [0.717, 1.165) is 23.3 Å². The Morgan fingerprint density at radius 2 is 2.10 bits per heavy atom. The molecule has 1 N–H and O–H groups in total. The van der Waals surface area contributed by atoms with Crippen LogP contribution in [0.15, 0.2) is 28.8 Å². The average molecular weight is 304 g/mol. The third kappa shape index (κ3) is 3.67. The number of nitrogens with zero attached hydrogens (tertiary/aromatic N) is 1. The summed E-state index contributed by atoms with van der Waals surface area (Å²) in [7, 11) is 0. The summed E-state index contributed by atoms with van der Waals surface area (Å²) in [5, 5.41) is 6.90. The van der Waals surface area contributed by atoms with Crippen molar-refractivity contribution in [3.63, 3.8) is 0 Å². The van der Waals surface area contributed by atoms with E-state index in [1.807, 2.05) is 31.2 Å². The van der Waals surface area contributed by atoms with Crippen LogP contribution in [0, 0.1) is 13.8 Å². The van der Waals surface area contributed by atoms with Crippen molar-refractivity contribution in [2.75, 3.05) is 18.6 Å². The second-order valence-corrected chi connectivity index (χ2v) is 5.87. The first-order chi connectivity index (χ1) is 10.1. The molecule has 0 spiro atoms. The highest BCUT2D eigenvalue weighted by molar-refractivity contribution is 7.98. The van der Waals surface area contributed by atoms with Crippen molar-refractivity contribution in [2.45, 2.75) is 20.3 Å². The normalized spacial score (nSPS) is 10.6. The molecule has 0 aliphatic heterocycles. The predicted octanol–water partition coefficient (Wildman–Crippen LogP) is 3.44. The molecule has 21 heavy (non-hydrogen) atoms. The SMILES string of the molecule is CSCCCNC(=O)c1c(C)noc1-c1ccccc1C. The molecule has 0 fully saturated rings. The van der Waals surface area contributed by atoms with Crippen LogP contribution >= 0.6 is 11.8 Å². The second kappa shape index (κ2) is 7.31. The van der Waals surface area contributed by atoms with Crippen LogP contribution in [0.1, 0.15) is 28.0 Å². The first kappa shape index (κ1) is 15.6. The van der Waals surface area contributed by atoms with Gasteiger partial charge in [-0.1, -0.05) is 29.4 Å². The number of amides is 1. The van der Waals surface area contributed by atoms with Gasteiger partial charge >= 0.3 is 0 Å². The lowest BCUT2D eigenvalue weighted by Crippen LogP contribution is -2.25. The van der Waals surface area contributed by atoms with Crippen LogP contribution in [0.4, 0.5) is 0 Å². The smallest absolute Gasteiger partial charge is 0.257 e. The molecule has 0 aliphatic carbocycles. The van der Waals surface area contributed by atoms with E-state index in [0.29, 0.717) is 23.6 Å². The van der Waals surface area contributed by atoms with Gasteiger partial charge in [0.15, 0.2) is 5.76 Å². The standard InChI is InChI=1S/C16H20N2O2S/c1-11-7-4-5-8-13(11)15-14(12(2)18-20-15)16(19)17-9-6-10-21-3/h4-5,7-8H,6,9-10H2,1-3H3,(H,17,19). The molecule has 4 nitrogen and oxygen atoms in total. The molecule has 0 bridgehead atoms. The van der Waals surface area contributed by atoms with Gasteiger partial charge < -0.3 is 9.84 Å². The molecule has 112 valence electrons. The van der Waals surface area contributed by atoms with Crippen molar-refractivity contribution in [3.8, 4) is 11.3 Å². The van der Waals surface area contributed by atoms with Gasteiger partial charge in [0.2, 0.25) is 0 Å². The van der Waals surface area contributed by atoms with Gasteiger partial charge in [-0.3, -0.25) is 4.79 Å². The molecular formula is C16H20N2O2S. The molecular weight excluding hydrogens is 284 g/mol. The molecule has 1 heterocycles. The van der Waals surface area contributed by atoms with Crippen molar-refractivity contribution >= 4 is 17.7 Å². The number of nitrogens with one attached hydrogen (secondary N) is 1. The average Bonchev–Trinajstić information content (AvgIpc) is 2.85. The zero-order valence-corrected chi connectivity index (χ0v) is 13.4. The molecule has 1 amide bonds. The molecule has 1 aromatic heterocycles. The number of carbonyl (C=O) groups is 1. The van der Waals surface area contributed by atoms with E-state index in [1.165, 1.54) is 0 Å². The van der Waals surface area contributed by atoms with E-state index in [4.69, 9.17) is 4.52 Å². The Hall–Kier alpha value is -1.75. The summed E-state index contributed by atoms with van der Waals surface area (Å²) in [6.07, 6.45) is 3.01. The van der Waals surface area contributed by atoms with Gasteiger partial charge in [0, 0.05) is 12.1 Å². The minimum absolute atomic E-state index is 0.117. The lowest BCUT2D eigenvalue weighted by Gasteiger charge is -2.06. The highest BCUT2D eigenvalue weighted by atomic mass is 32.2. The Morgan fingerprint density at radius 1 is 1.33 bits per heavy atom. The maximum absolute atomic E-state index is 12.4. The number of aromatic nitrogens is 1. The van der Waals surface area contributed by atoms with E-state index < -0.39 is 0 Å². The van der Waals surface area contributed by atoms with Crippen LogP contribution in [0.25, 0.3) is 11.3 Å². The first-order valence-electron chi connectivity index (χ1n) is 6.94. The van der Waals surface area contributed by atoms with Crippen molar-refractivity contribution in [1.29, 1.82) is 0 Å². The quantitative estimate of drug-likeness (QED) is 0.831. The molecule has 0 unspecified atom stereocenters. The fourth-order valence-electron chi connectivity index (χ4n) is 2.16. The van der Waals surface area contributed by atoms with E-state index in [1.54, 1.807) is 18.7 Å². The van der Waals surface area contributed by atoms with Crippen molar-refractivity contribution < 1.29 is 9.32 Å². The minimum atomic E-state index is -0.117. The maximum atomic E-state index is 12.4. The summed E-state index contributed by atoms with van der Waals surface area (Å²) in [6, 6.07) is 7.83. The van der Waals surface area contributed by atoms with Crippen molar-refractivity contribution in [2.24, 2.45) is 0 Å². The number of thioether (sulfide) groups is 1. The van der Waals surface area contributed by atoms with Gasteiger partial charge in [0.25, 0.3) is 5.91 Å². The summed E-state index contributed by atoms with van der Waals surface area (Å²) in [6.45, 7) is 4.45. The number of aryl methyl sites for hydroxylation is 2. The topological polar surface area (TPSA) is 55.1 Å². The number of hydrogen-bond donors (Lipinski definition) is 1. The van der Waals surface area contributed by atoms with Gasteiger partial charge in [-0.2, -0.15) is 11.8 Å². The van der Waals surface area contributed by atoms with Crippen molar-refractivity contribution in [3.05, 3.63) is 41.1 Å². The maximum Gasteiger partial charge on any atom is 0.257 e. The van der Waals surface area contributed by atoms with Gasteiger partial charge in [-0.05, 0) is 37.8 Å². The van der Waals surface area contributed by atoms with E-state index in [2.05, 4.69) is 16.7 Å². The number of benzene rings is 1.